The van der Waals surface area contributed by atoms with Gasteiger partial charge < -0.3 is 9.80 Å². The highest BCUT2D eigenvalue weighted by Gasteiger charge is 2.50. The molecule has 8 heteroatoms. The predicted octanol–water partition coefficient (Wildman–Crippen LogP) is 2.93. The van der Waals surface area contributed by atoms with Gasteiger partial charge in [0.2, 0.25) is 11.8 Å². The molecule has 2 aromatic rings. The maximum Gasteiger partial charge on any atom is 0.274 e. The van der Waals surface area contributed by atoms with Gasteiger partial charge in [0.1, 0.15) is 11.4 Å². The van der Waals surface area contributed by atoms with E-state index in [2.05, 4.69) is 0 Å². The number of halogens is 1. The van der Waals surface area contributed by atoms with Crippen molar-refractivity contribution in [3.63, 3.8) is 0 Å². The fraction of sp³-hybridized carbons (Fsp3) is 0.333. The first kappa shape index (κ1) is 20.4. The topological polar surface area (TPSA) is 83.8 Å². The average molecular weight is 399 g/mol. The largest absolute Gasteiger partial charge is 0.334 e. The van der Waals surface area contributed by atoms with Crippen LogP contribution in [0.2, 0.25) is 0 Å². The molecule has 0 radical (unpaired) electrons. The van der Waals surface area contributed by atoms with Crippen molar-refractivity contribution >= 4 is 17.5 Å². The van der Waals surface area contributed by atoms with Crippen molar-refractivity contribution < 1.29 is 18.9 Å². The molecule has 2 amide bonds. The number of carbonyl (C=O) groups excluding carboxylic acids is 2. The van der Waals surface area contributed by atoms with Gasteiger partial charge in [-0.1, -0.05) is 37.3 Å². The molecular formula is C21H22FN3O4. The van der Waals surface area contributed by atoms with Gasteiger partial charge in [0.25, 0.3) is 5.69 Å². The van der Waals surface area contributed by atoms with Crippen LogP contribution in [-0.2, 0) is 22.6 Å². The summed E-state index contributed by atoms with van der Waals surface area (Å²) >= 11 is 0. The molecule has 1 aliphatic rings. The van der Waals surface area contributed by atoms with Gasteiger partial charge in [-0.05, 0) is 24.1 Å². The molecular weight excluding hydrogens is 377 g/mol. The minimum absolute atomic E-state index is 0.0510. The number of benzene rings is 2. The number of piperazine rings is 1. The molecule has 29 heavy (non-hydrogen) atoms. The Morgan fingerprint density at radius 3 is 2.41 bits per heavy atom. The van der Waals surface area contributed by atoms with Gasteiger partial charge in [-0.15, -0.1) is 0 Å². The van der Waals surface area contributed by atoms with Crippen LogP contribution in [-0.4, -0.2) is 45.7 Å². The van der Waals surface area contributed by atoms with Crippen molar-refractivity contribution in [3.05, 3.63) is 75.6 Å². The zero-order valence-electron chi connectivity index (χ0n) is 16.3. The fourth-order valence-electron chi connectivity index (χ4n) is 3.88. The second-order valence-electron chi connectivity index (χ2n) is 7.22. The van der Waals surface area contributed by atoms with Gasteiger partial charge in [0.05, 0.1) is 18.0 Å². The molecule has 0 N–H and O–H groups in total. The quantitative estimate of drug-likeness (QED) is 0.552. The van der Waals surface area contributed by atoms with E-state index in [4.69, 9.17) is 0 Å². The fourth-order valence-corrected chi connectivity index (χ4v) is 3.88. The second kappa shape index (κ2) is 7.98. The van der Waals surface area contributed by atoms with E-state index in [1.54, 1.807) is 44.3 Å². The Labute approximate surface area is 167 Å². The summed E-state index contributed by atoms with van der Waals surface area (Å²) in [6.07, 6.45) is 0.513. The third-order valence-electron chi connectivity index (χ3n) is 5.45. The number of hydrogen-bond acceptors (Lipinski definition) is 4. The number of carbonyl (C=O) groups is 2. The number of para-hydroxylation sites is 1. The molecule has 7 nitrogen and oxygen atoms in total. The van der Waals surface area contributed by atoms with Crippen molar-refractivity contribution in [1.29, 1.82) is 0 Å². The Morgan fingerprint density at radius 1 is 1.14 bits per heavy atom. The summed E-state index contributed by atoms with van der Waals surface area (Å²) < 4.78 is 13.3. The Morgan fingerprint density at radius 2 is 1.79 bits per heavy atom. The van der Waals surface area contributed by atoms with Crippen molar-refractivity contribution in [3.8, 4) is 0 Å². The van der Waals surface area contributed by atoms with E-state index in [-0.39, 0.29) is 42.8 Å². The molecule has 1 heterocycles. The highest BCUT2D eigenvalue weighted by Crippen LogP contribution is 2.34. The van der Waals surface area contributed by atoms with Crippen molar-refractivity contribution in [2.45, 2.75) is 31.8 Å². The van der Waals surface area contributed by atoms with Gasteiger partial charge in [0.15, 0.2) is 0 Å². The first-order valence-corrected chi connectivity index (χ1v) is 9.31. The minimum Gasteiger partial charge on any atom is -0.334 e. The first-order valence-electron chi connectivity index (χ1n) is 9.31. The van der Waals surface area contributed by atoms with Gasteiger partial charge in [-0.25, -0.2) is 4.39 Å². The molecule has 0 bridgehead atoms. The molecule has 0 spiro atoms. The lowest BCUT2D eigenvalue weighted by Crippen LogP contribution is -2.67. The first-order chi connectivity index (χ1) is 13.8. The maximum atomic E-state index is 13.3. The smallest absolute Gasteiger partial charge is 0.274 e. The van der Waals surface area contributed by atoms with E-state index < -0.39 is 10.5 Å². The predicted molar refractivity (Wildman–Crippen MR) is 104 cm³/mol. The average Bonchev–Trinajstić information content (AvgIpc) is 2.70. The van der Waals surface area contributed by atoms with E-state index in [9.17, 15) is 24.1 Å². The Hall–Kier alpha value is -3.29. The summed E-state index contributed by atoms with van der Waals surface area (Å²) in [6, 6.07) is 12.0. The summed E-state index contributed by atoms with van der Waals surface area (Å²) in [5, 5.41) is 11.4. The van der Waals surface area contributed by atoms with Crippen LogP contribution < -0.4 is 0 Å². The van der Waals surface area contributed by atoms with Crippen LogP contribution in [0.15, 0.2) is 48.5 Å². The lowest BCUT2D eigenvalue weighted by Gasteiger charge is -2.48. The number of amides is 2. The summed E-state index contributed by atoms with van der Waals surface area (Å²) in [5.41, 5.74) is -0.234. The Bertz CT molecular complexity index is 947. The van der Waals surface area contributed by atoms with Crippen LogP contribution in [0, 0.1) is 15.9 Å². The van der Waals surface area contributed by atoms with Crippen LogP contribution in [0.1, 0.15) is 24.5 Å². The third kappa shape index (κ3) is 3.83. The van der Waals surface area contributed by atoms with Crippen LogP contribution in [0.4, 0.5) is 10.1 Å². The number of nitro groups is 1. The second-order valence-corrected chi connectivity index (χ2v) is 7.22. The monoisotopic (exact) mass is 399 g/mol. The Kier molecular flexibility index (Phi) is 5.63. The summed E-state index contributed by atoms with van der Waals surface area (Å²) in [6.45, 7) is 1.66. The van der Waals surface area contributed by atoms with Gasteiger partial charge in [0, 0.05) is 25.1 Å². The van der Waals surface area contributed by atoms with E-state index in [1.807, 2.05) is 0 Å². The van der Waals surface area contributed by atoms with E-state index in [0.717, 1.165) is 0 Å². The summed E-state index contributed by atoms with van der Waals surface area (Å²) in [7, 11) is 1.57. The van der Waals surface area contributed by atoms with Gasteiger partial charge in [-0.2, -0.15) is 0 Å². The van der Waals surface area contributed by atoms with Crippen LogP contribution in [0.25, 0.3) is 0 Å². The van der Waals surface area contributed by atoms with Gasteiger partial charge >= 0.3 is 0 Å². The molecule has 0 saturated carbocycles. The van der Waals surface area contributed by atoms with Crippen molar-refractivity contribution in [2.24, 2.45) is 0 Å². The molecule has 1 aliphatic heterocycles. The molecule has 1 atom stereocenters. The molecule has 1 fully saturated rings. The van der Waals surface area contributed by atoms with Crippen molar-refractivity contribution in [2.75, 3.05) is 13.6 Å². The lowest BCUT2D eigenvalue weighted by atomic mass is 9.82. The normalized spacial score (nSPS) is 19.6. The highest BCUT2D eigenvalue weighted by molar-refractivity contribution is 5.98. The van der Waals surface area contributed by atoms with Gasteiger partial charge in [-0.3, -0.25) is 19.7 Å². The molecule has 3 rings (SSSR count). The molecule has 2 aromatic carbocycles. The number of likely N-dealkylation sites (N-methyl/N-ethyl adjacent to an activating group) is 1. The molecule has 1 unspecified atom stereocenters. The maximum absolute atomic E-state index is 13.3. The van der Waals surface area contributed by atoms with Crippen LogP contribution in [0.5, 0.6) is 0 Å². The SMILES string of the molecule is CCC1(Cc2ccc(F)cc2)C(=O)N(C)CC(=O)N1Cc1ccccc1[N+](=O)[O-]. The van der Waals surface area contributed by atoms with Crippen molar-refractivity contribution in [1.82, 2.24) is 9.80 Å². The highest BCUT2D eigenvalue weighted by atomic mass is 19.1. The van der Waals surface area contributed by atoms with Crippen LogP contribution >= 0.6 is 0 Å². The number of hydrogen-bond donors (Lipinski definition) is 0. The third-order valence-corrected chi connectivity index (χ3v) is 5.45. The minimum atomic E-state index is -1.20. The summed E-state index contributed by atoms with van der Waals surface area (Å²) in [5.74, 6) is -0.907. The number of rotatable bonds is 6. The number of nitro benzene ring substituents is 1. The molecule has 152 valence electrons. The zero-order valence-corrected chi connectivity index (χ0v) is 16.3. The Balaban J connectivity index is 2.05. The standard InChI is InChI=1S/C21H22FN3O4/c1-3-21(12-15-8-10-17(22)11-9-15)20(27)23(2)14-19(26)24(21)13-16-6-4-5-7-18(16)25(28)29/h4-11H,3,12-14H2,1-2H3. The molecule has 0 aliphatic carbocycles. The lowest BCUT2D eigenvalue weighted by molar-refractivity contribution is -0.385. The van der Waals surface area contributed by atoms with E-state index >= 15 is 0 Å². The summed E-state index contributed by atoms with van der Waals surface area (Å²) in [4.78, 5) is 39.9. The van der Waals surface area contributed by atoms with Crippen LogP contribution in [0.3, 0.4) is 0 Å². The molecule has 0 aromatic heterocycles. The van der Waals surface area contributed by atoms with E-state index in [1.165, 1.54) is 28.0 Å². The van der Waals surface area contributed by atoms with E-state index in [0.29, 0.717) is 17.5 Å². The zero-order chi connectivity index (χ0) is 21.2. The number of nitrogens with zero attached hydrogens (tertiary/aromatic N) is 3. The molecule has 1 saturated heterocycles.